The number of amides is 2. The number of likely N-dealkylation sites (tertiary alicyclic amines) is 1. The molecule has 2 aromatic carbocycles. The molecule has 30 heavy (non-hydrogen) atoms. The van der Waals surface area contributed by atoms with Crippen LogP contribution in [0.3, 0.4) is 0 Å². The van der Waals surface area contributed by atoms with Gasteiger partial charge in [-0.3, -0.25) is 9.59 Å². The van der Waals surface area contributed by atoms with Crippen LogP contribution in [0.4, 0.5) is 0 Å². The minimum Gasteiger partial charge on any atom is -0.454 e. The van der Waals surface area contributed by atoms with Crippen molar-refractivity contribution in [2.75, 3.05) is 19.9 Å². The average molecular weight is 427 g/mol. The van der Waals surface area contributed by atoms with E-state index in [1.807, 2.05) is 24.3 Å². The minimum absolute atomic E-state index is 0.00891. The van der Waals surface area contributed by atoms with Gasteiger partial charge in [-0.2, -0.15) is 0 Å². The van der Waals surface area contributed by atoms with Crippen molar-refractivity contribution in [2.45, 2.75) is 37.1 Å². The van der Waals surface area contributed by atoms with Crippen LogP contribution in [0.15, 0.2) is 42.5 Å². The fraction of sp³-hybridized carbons (Fsp3) is 0.391. The highest BCUT2D eigenvalue weighted by atomic mass is 35.5. The van der Waals surface area contributed by atoms with E-state index >= 15 is 0 Å². The van der Waals surface area contributed by atoms with Crippen molar-refractivity contribution >= 4 is 23.4 Å². The topological polar surface area (TPSA) is 67.9 Å². The second kappa shape index (κ2) is 7.51. The zero-order chi connectivity index (χ0) is 20.7. The Morgan fingerprint density at radius 2 is 1.87 bits per heavy atom. The third kappa shape index (κ3) is 3.49. The zero-order valence-electron chi connectivity index (χ0n) is 16.5. The number of ether oxygens (including phenoxy) is 2. The fourth-order valence-corrected chi connectivity index (χ4v) is 4.50. The third-order valence-corrected chi connectivity index (χ3v) is 6.60. The second-order valence-electron chi connectivity index (χ2n) is 8.23. The molecular formula is C23H23ClN2O4. The lowest BCUT2D eigenvalue weighted by atomic mass is 9.96. The molecule has 1 saturated carbocycles. The summed E-state index contributed by atoms with van der Waals surface area (Å²) in [4.78, 5) is 27.7. The molecule has 0 bridgehead atoms. The van der Waals surface area contributed by atoms with Gasteiger partial charge in [-0.1, -0.05) is 23.7 Å². The number of rotatable bonds is 5. The first-order valence-corrected chi connectivity index (χ1v) is 10.7. The van der Waals surface area contributed by atoms with Gasteiger partial charge >= 0.3 is 0 Å². The van der Waals surface area contributed by atoms with Crippen LogP contribution in [-0.4, -0.2) is 42.6 Å². The van der Waals surface area contributed by atoms with Crippen molar-refractivity contribution in [1.29, 1.82) is 0 Å². The van der Waals surface area contributed by atoms with Gasteiger partial charge in [0.1, 0.15) is 6.04 Å². The normalized spacial score (nSPS) is 20.8. The highest BCUT2D eigenvalue weighted by Crippen LogP contribution is 2.47. The van der Waals surface area contributed by atoms with Gasteiger partial charge in [0.25, 0.3) is 5.91 Å². The van der Waals surface area contributed by atoms with Crippen molar-refractivity contribution in [2.24, 2.45) is 0 Å². The molecule has 2 heterocycles. The molecule has 7 heteroatoms. The molecule has 2 amide bonds. The van der Waals surface area contributed by atoms with Crippen molar-refractivity contribution in [1.82, 2.24) is 10.2 Å². The summed E-state index contributed by atoms with van der Waals surface area (Å²) in [7, 11) is 0. The highest BCUT2D eigenvalue weighted by Gasteiger charge is 2.45. The molecule has 1 aliphatic carbocycles. The van der Waals surface area contributed by atoms with Gasteiger partial charge < -0.3 is 19.7 Å². The molecule has 2 aliphatic heterocycles. The molecule has 6 nitrogen and oxygen atoms in total. The smallest absolute Gasteiger partial charge is 0.254 e. The molecule has 1 saturated heterocycles. The first-order valence-electron chi connectivity index (χ1n) is 10.3. The van der Waals surface area contributed by atoms with Gasteiger partial charge in [0.05, 0.1) is 0 Å². The van der Waals surface area contributed by atoms with Crippen LogP contribution in [0.2, 0.25) is 5.02 Å². The Hall–Kier alpha value is -2.73. The summed E-state index contributed by atoms with van der Waals surface area (Å²) in [5, 5.41) is 3.82. The van der Waals surface area contributed by atoms with Crippen LogP contribution in [0.5, 0.6) is 11.5 Å². The third-order valence-electron chi connectivity index (χ3n) is 6.35. The Morgan fingerprint density at radius 1 is 1.10 bits per heavy atom. The predicted molar refractivity (Wildman–Crippen MR) is 112 cm³/mol. The van der Waals surface area contributed by atoms with Crippen LogP contribution in [-0.2, 0) is 10.2 Å². The number of nitrogens with zero attached hydrogens (tertiary/aromatic N) is 1. The number of halogens is 1. The first-order chi connectivity index (χ1) is 14.6. The van der Waals surface area contributed by atoms with E-state index in [9.17, 15) is 9.59 Å². The Bertz CT molecular complexity index is 987. The Morgan fingerprint density at radius 3 is 2.63 bits per heavy atom. The predicted octanol–water partition coefficient (Wildman–Crippen LogP) is 3.52. The minimum atomic E-state index is -0.441. The molecule has 3 aliphatic rings. The van der Waals surface area contributed by atoms with Gasteiger partial charge in [-0.15, -0.1) is 0 Å². The van der Waals surface area contributed by atoms with Crippen LogP contribution >= 0.6 is 11.6 Å². The van der Waals surface area contributed by atoms with Crippen LogP contribution in [0, 0.1) is 0 Å². The van der Waals surface area contributed by atoms with Crippen molar-refractivity contribution < 1.29 is 19.1 Å². The first kappa shape index (κ1) is 19.2. The van der Waals surface area contributed by atoms with E-state index in [0.29, 0.717) is 41.6 Å². The molecule has 5 rings (SSSR count). The lowest BCUT2D eigenvalue weighted by Gasteiger charge is -2.25. The molecule has 1 atom stereocenters. The summed E-state index contributed by atoms with van der Waals surface area (Å²) in [5.74, 6) is 0.977. The molecule has 1 unspecified atom stereocenters. The van der Waals surface area contributed by atoms with Gasteiger partial charge in [-0.25, -0.2) is 0 Å². The molecule has 0 radical (unpaired) electrons. The van der Waals surface area contributed by atoms with Crippen molar-refractivity contribution in [3.8, 4) is 11.5 Å². The number of carbonyl (C=O) groups is 2. The number of carbonyl (C=O) groups excluding carboxylic acids is 2. The molecule has 0 spiro atoms. The van der Waals surface area contributed by atoms with E-state index < -0.39 is 6.04 Å². The van der Waals surface area contributed by atoms with Crippen LogP contribution in [0.25, 0.3) is 0 Å². The Balaban J connectivity index is 1.25. The van der Waals surface area contributed by atoms with Gasteiger partial charge in [0.15, 0.2) is 11.5 Å². The van der Waals surface area contributed by atoms with Gasteiger partial charge in [0, 0.05) is 29.1 Å². The summed E-state index contributed by atoms with van der Waals surface area (Å²) in [6.07, 6.45) is 3.58. The molecule has 0 aromatic heterocycles. The number of nitrogens with one attached hydrogen (secondary N) is 1. The summed E-state index contributed by atoms with van der Waals surface area (Å²) in [5.41, 5.74) is 1.70. The standard InChI is InChI=1S/C23H23ClN2O4/c24-17-6-4-16(5-7-17)23(9-10-23)13-25-21(27)18-2-1-11-26(18)22(28)15-3-8-19-20(12-15)30-14-29-19/h3-8,12,18H,1-2,9-11,13-14H2,(H,25,27). The highest BCUT2D eigenvalue weighted by molar-refractivity contribution is 6.30. The number of hydrogen-bond acceptors (Lipinski definition) is 4. The molecule has 1 N–H and O–H groups in total. The van der Waals surface area contributed by atoms with Crippen LogP contribution in [0.1, 0.15) is 41.6 Å². The van der Waals surface area contributed by atoms with Gasteiger partial charge in [0.2, 0.25) is 12.7 Å². The van der Waals surface area contributed by atoms with E-state index in [4.69, 9.17) is 21.1 Å². The molecule has 156 valence electrons. The summed E-state index contributed by atoms with van der Waals surface area (Å²) in [6.45, 7) is 1.32. The maximum Gasteiger partial charge on any atom is 0.254 e. The summed E-state index contributed by atoms with van der Waals surface area (Å²) < 4.78 is 10.7. The Kier molecular flexibility index (Phi) is 4.82. The fourth-order valence-electron chi connectivity index (χ4n) is 4.37. The lowest BCUT2D eigenvalue weighted by Crippen LogP contribution is -2.47. The van der Waals surface area contributed by atoms with E-state index in [0.717, 1.165) is 19.3 Å². The second-order valence-corrected chi connectivity index (χ2v) is 8.67. The number of benzene rings is 2. The van der Waals surface area contributed by atoms with E-state index in [1.54, 1.807) is 23.1 Å². The number of fused-ring (bicyclic) bond motifs is 1. The average Bonchev–Trinajstić information content (AvgIpc) is 3.16. The maximum absolute atomic E-state index is 13.1. The van der Waals surface area contributed by atoms with E-state index in [-0.39, 0.29) is 24.0 Å². The van der Waals surface area contributed by atoms with Gasteiger partial charge in [-0.05, 0) is 61.6 Å². The largest absolute Gasteiger partial charge is 0.454 e. The number of hydrogen-bond donors (Lipinski definition) is 1. The zero-order valence-corrected chi connectivity index (χ0v) is 17.3. The van der Waals surface area contributed by atoms with Crippen LogP contribution < -0.4 is 14.8 Å². The van der Waals surface area contributed by atoms with E-state index in [2.05, 4.69) is 5.32 Å². The molecule has 2 aromatic rings. The summed E-state index contributed by atoms with van der Waals surface area (Å²) in [6, 6.07) is 12.6. The lowest BCUT2D eigenvalue weighted by molar-refractivity contribution is -0.124. The molecular weight excluding hydrogens is 404 g/mol. The summed E-state index contributed by atoms with van der Waals surface area (Å²) >= 11 is 6.00. The monoisotopic (exact) mass is 426 g/mol. The van der Waals surface area contributed by atoms with Crippen molar-refractivity contribution in [3.63, 3.8) is 0 Å². The maximum atomic E-state index is 13.1. The SMILES string of the molecule is O=C(NCC1(c2ccc(Cl)cc2)CC1)C1CCCN1C(=O)c1ccc2c(c1)OCO2. The Labute approximate surface area is 180 Å². The van der Waals surface area contributed by atoms with Crippen molar-refractivity contribution in [3.05, 3.63) is 58.6 Å². The van der Waals surface area contributed by atoms with E-state index in [1.165, 1.54) is 5.56 Å². The molecule has 2 fully saturated rings. The quantitative estimate of drug-likeness (QED) is 0.794.